The molecular weight excluding hydrogens is 328 g/mol. The fourth-order valence-electron chi connectivity index (χ4n) is 4.21. The standard InChI is InChI=1S/C18H22O7/c1-7-4-12(24-17(22)8(2)6-19)13-9(3)18(23)25-16(13)14-10(7)5-11(20)15(14)21/h10-16,19-21H,1-6H2/t10-,11-,12+,13+,14+,15-,16-/m0/s1. The molecule has 0 aromatic heterocycles. The number of rotatable bonds is 3. The van der Waals surface area contributed by atoms with Gasteiger partial charge in [-0.2, -0.15) is 0 Å². The van der Waals surface area contributed by atoms with Crippen LogP contribution in [0.2, 0.25) is 0 Å². The van der Waals surface area contributed by atoms with E-state index in [2.05, 4.69) is 19.7 Å². The lowest BCUT2D eigenvalue weighted by molar-refractivity contribution is -0.150. The van der Waals surface area contributed by atoms with Crippen molar-refractivity contribution < 1.29 is 34.4 Å². The minimum atomic E-state index is -1.06. The highest BCUT2D eigenvalue weighted by Gasteiger charge is 2.58. The summed E-state index contributed by atoms with van der Waals surface area (Å²) in [6, 6.07) is 0. The molecule has 1 aliphatic heterocycles. The lowest BCUT2D eigenvalue weighted by Gasteiger charge is -2.29. The average molecular weight is 350 g/mol. The van der Waals surface area contributed by atoms with Crippen molar-refractivity contribution >= 4 is 11.9 Å². The first-order valence-electron chi connectivity index (χ1n) is 8.19. The summed E-state index contributed by atoms with van der Waals surface area (Å²) in [4.78, 5) is 24.1. The molecule has 0 aromatic carbocycles. The molecule has 3 fully saturated rings. The van der Waals surface area contributed by atoms with Gasteiger partial charge in [-0.3, -0.25) is 0 Å². The molecular formula is C18H22O7. The first-order valence-corrected chi connectivity index (χ1v) is 8.19. The topological polar surface area (TPSA) is 113 Å². The van der Waals surface area contributed by atoms with Gasteiger partial charge in [0, 0.05) is 17.9 Å². The number of ether oxygens (including phenoxy) is 2. The second-order valence-electron chi connectivity index (χ2n) is 6.97. The Bertz CT molecular complexity index is 652. The minimum Gasteiger partial charge on any atom is -0.458 e. The van der Waals surface area contributed by atoms with Crippen LogP contribution in [-0.4, -0.2) is 58.3 Å². The van der Waals surface area contributed by atoms with Crippen LogP contribution in [-0.2, 0) is 19.1 Å². The summed E-state index contributed by atoms with van der Waals surface area (Å²) < 4.78 is 10.9. The highest BCUT2D eigenvalue weighted by Crippen LogP contribution is 2.51. The number of hydrogen-bond acceptors (Lipinski definition) is 7. The van der Waals surface area contributed by atoms with Gasteiger partial charge >= 0.3 is 11.9 Å². The van der Waals surface area contributed by atoms with Gasteiger partial charge in [0.25, 0.3) is 0 Å². The molecule has 2 aliphatic carbocycles. The number of fused-ring (bicyclic) bond motifs is 3. The molecule has 1 saturated heterocycles. The number of carbonyl (C=O) groups is 2. The maximum Gasteiger partial charge on any atom is 0.336 e. The van der Waals surface area contributed by atoms with Crippen molar-refractivity contribution in [1.29, 1.82) is 0 Å². The fourth-order valence-corrected chi connectivity index (χ4v) is 4.21. The fraction of sp³-hybridized carbons (Fsp3) is 0.556. The van der Waals surface area contributed by atoms with E-state index in [1.165, 1.54) is 0 Å². The van der Waals surface area contributed by atoms with Crippen molar-refractivity contribution in [1.82, 2.24) is 0 Å². The second kappa shape index (κ2) is 6.40. The van der Waals surface area contributed by atoms with Gasteiger partial charge in [-0.25, -0.2) is 9.59 Å². The van der Waals surface area contributed by atoms with Gasteiger partial charge in [0.05, 0.1) is 30.3 Å². The predicted octanol–water partition coefficient (Wildman–Crippen LogP) is -0.138. The van der Waals surface area contributed by atoms with E-state index in [9.17, 15) is 19.8 Å². The van der Waals surface area contributed by atoms with Crippen LogP contribution >= 0.6 is 0 Å². The molecule has 3 N–H and O–H groups in total. The molecule has 3 rings (SSSR count). The van der Waals surface area contributed by atoms with Crippen molar-refractivity contribution in [2.75, 3.05) is 6.61 Å². The molecule has 0 unspecified atom stereocenters. The van der Waals surface area contributed by atoms with E-state index in [0.717, 1.165) is 0 Å². The smallest absolute Gasteiger partial charge is 0.336 e. The van der Waals surface area contributed by atoms with Crippen molar-refractivity contribution in [3.63, 3.8) is 0 Å². The number of hydrogen-bond donors (Lipinski definition) is 3. The van der Waals surface area contributed by atoms with Crippen LogP contribution in [0.1, 0.15) is 12.8 Å². The maximum atomic E-state index is 12.0. The van der Waals surface area contributed by atoms with Gasteiger partial charge in [-0.15, -0.1) is 0 Å². The summed E-state index contributed by atoms with van der Waals surface area (Å²) in [6.45, 7) is 10.7. The van der Waals surface area contributed by atoms with E-state index >= 15 is 0 Å². The molecule has 136 valence electrons. The number of aliphatic hydroxyl groups excluding tert-OH is 3. The first kappa shape index (κ1) is 17.8. The maximum absolute atomic E-state index is 12.0. The van der Waals surface area contributed by atoms with Crippen LogP contribution in [0.3, 0.4) is 0 Å². The molecule has 7 nitrogen and oxygen atoms in total. The lowest BCUT2D eigenvalue weighted by atomic mass is 9.82. The molecule has 0 bridgehead atoms. The number of esters is 2. The van der Waals surface area contributed by atoms with Crippen LogP contribution in [0, 0.1) is 17.8 Å². The molecule has 7 atom stereocenters. The van der Waals surface area contributed by atoms with E-state index in [0.29, 0.717) is 12.0 Å². The van der Waals surface area contributed by atoms with Crippen LogP contribution in [0.4, 0.5) is 0 Å². The zero-order valence-electron chi connectivity index (χ0n) is 13.8. The lowest BCUT2D eigenvalue weighted by Crippen LogP contribution is -2.41. The number of carbonyl (C=O) groups excluding carboxylic acids is 2. The van der Waals surface area contributed by atoms with Gasteiger partial charge in [0.15, 0.2) is 0 Å². The van der Waals surface area contributed by atoms with Gasteiger partial charge in [-0.1, -0.05) is 25.3 Å². The van der Waals surface area contributed by atoms with Gasteiger partial charge < -0.3 is 24.8 Å². The molecule has 1 heterocycles. The zero-order valence-corrected chi connectivity index (χ0v) is 13.8. The third-order valence-electron chi connectivity index (χ3n) is 5.52. The largest absolute Gasteiger partial charge is 0.458 e. The zero-order chi connectivity index (χ0) is 18.5. The van der Waals surface area contributed by atoms with Crippen molar-refractivity contribution in [2.24, 2.45) is 17.8 Å². The Labute approximate surface area is 145 Å². The first-order chi connectivity index (χ1) is 11.8. The van der Waals surface area contributed by atoms with E-state index in [-0.39, 0.29) is 23.5 Å². The van der Waals surface area contributed by atoms with Crippen molar-refractivity contribution in [3.05, 3.63) is 36.5 Å². The molecule has 25 heavy (non-hydrogen) atoms. The molecule has 0 radical (unpaired) electrons. The number of aliphatic hydroxyl groups is 3. The van der Waals surface area contributed by atoms with Gasteiger partial charge in [-0.05, 0) is 12.3 Å². The van der Waals surface area contributed by atoms with Gasteiger partial charge in [0.1, 0.15) is 12.2 Å². The highest BCUT2D eigenvalue weighted by molar-refractivity contribution is 5.91. The Morgan fingerprint density at radius 2 is 2.00 bits per heavy atom. The Balaban J connectivity index is 1.95. The van der Waals surface area contributed by atoms with Crippen LogP contribution < -0.4 is 0 Å². The van der Waals surface area contributed by atoms with Gasteiger partial charge in [0.2, 0.25) is 0 Å². The summed E-state index contributed by atoms with van der Waals surface area (Å²) in [5.41, 5.74) is 0.781. The second-order valence-corrected chi connectivity index (χ2v) is 6.97. The average Bonchev–Trinajstić information content (AvgIpc) is 2.99. The van der Waals surface area contributed by atoms with E-state index < -0.39 is 54.8 Å². The Morgan fingerprint density at radius 3 is 2.64 bits per heavy atom. The predicted molar refractivity (Wildman–Crippen MR) is 86.0 cm³/mol. The van der Waals surface area contributed by atoms with Crippen LogP contribution in [0.15, 0.2) is 36.5 Å². The quantitative estimate of drug-likeness (QED) is 0.369. The van der Waals surface area contributed by atoms with E-state index in [1.54, 1.807) is 0 Å². The Morgan fingerprint density at radius 1 is 1.32 bits per heavy atom. The Hall–Kier alpha value is -1.96. The van der Waals surface area contributed by atoms with Crippen molar-refractivity contribution in [3.8, 4) is 0 Å². The summed E-state index contributed by atoms with van der Waals surface area (Å²) in [6.07, 6.45) is -2.94. The van der Waals surface area contributed by atoms with E-state index in [1.807, 2.05) is 0 Å². The molecule has 0 spiro atoms. The summed E-state index contributed by atoms with van der Waals surface area (Å²) in [7, 11) is 0. The normalized spacial score (nSPS) is 40.1. The summed E-state index contributed by atoms with van der Waals surface area (Å²) >= 11 is 0. The third kappa shape index (κ3) is 2.82. The molecule has 3 aliphatic rings. The monoisotopic (exact) mass is 350 g/mol. The molecule has 0 aromatic rings. The van der Waals surface area contributed by atoms with E-state index in [4.69, 9.17) is 14.6 Å². The minimum absolute atomic E-state index is 0.0992. The molecule has 2 saturated carbocycles. The summed E-state index contributed by atoms with van der Waals surface area (Å²) in [5, 5.41) is 29.5. The molecule has 7 heteroatoms. The van der Waals surface area contributed by atoms with Crippen LogP contribution in [0.5, 0.6) is 0 Å². The summed E-state index contributed by atoms with van der Waals surface area (Å²) in [5.74, 6) is -2.79. The van der Waals surface area contributed by atoms with Crippen molar-refractivity contribution in [2.45, 2.75) is 37.3 Å². The molecule has 0 amide bonds. The highest BCUT2D eigenvalue weighted by atomic mass is 16.6. The Kier molecular flexibility index (Phi) is 4.57. The third-order valence-corrected chi connectivity index (χ3v) is 5.52. The van der Waals surface area contributed by atoms with Crippen LogP contribution in [0.25, 0.3) is 0 Å². The SMILES string of the molecule is C=C(CO)C(=O)O[C@@H]1CC(=C)[C@@H]2C[C@H](O)[C@H](O)[C@@H]2[C@H]2OC(=O)C(=C)[C@@H]21.